The summed E-state index contributed by atoms with van der Waals surface area (Å²) in [7, 11) is 0. The fourth-order valence-electron chi connectivity index (χ4n) is 3.81. The standard InChI is InChI=1S/C20H25N3O2/c21-12-16-8-5-9-18-19(16)17(14-23(18)10-11-24)20(25)22-13-15-6-3-1-2-4-7-15/h5,8-9,14-15,24H,1-4,6-7,10-11,13H2,(H,22,25). The molecule has 1 aromatic heterocycles. The Labute approximate surface area is 148 Å². The lowest BCUT2D eigenvalue weighted by molar-refractivity contribution is 0.0947. The summed E-state index contributed by atoms with van der Waals surface area (Å²) in [6, 6.07) is 7.60. The van der Waals surface area contributed by atoms with Crippen LogP contribution in [-0.2, 0) is 6.54 Å². The van der Waals surface area contributed by atoms with E-state index in [2.05, 4.69) is 11.4 Å². The molecule has 1 fully saturated rings. The first-order valence-corrected chi connectivity index (χ1v) is 9.15. The quantitative estimate of drug-likeness (QED) is 0.821. The zero-order valence-electron chi connectivity index (χ0n) is 14.5. The van der Waals surface area contributed by atoms with Crippen molar-refractivity contribution in [3.05, 3.63) is 35.5 Å². The van der Waals surface area contributed by atoms with E-state index in [-0.39, 0.29) is 12.5 Å². The Kier molecular flexibility index (Phi) is 5.72. The Morgan fingerprint density at radius 1 is 1.28 bits per heavy atom. The van der Waals surface area contributed by atoms with Crippen molar-refractivity contribution in [2.75, 3.05) is 13.2 Å². The van der Waals surface area contributed by atoms with Crippen molar-refractivity contribution in [3.63, 3.8) is 0 Å². The molecule has 132 valence electrons. The van der Waals surface area contributed by atoms with Gasteiger partial charge in [-0.2, -0.15) is 5.26 Å². The molecule has 0 spiro atoms. The molecule has 5 heteroatoms. The molecule has 0 saturated heterocycles. The third-order valence-electron chi connectivity index (χ3n) is 5.14. The number of carbonyl (C=O) groups is 1. The highest BCUT2D eigenvalue weighted by Gasteiger charge is 2.19. The number of aromatic nitrogens is 1. The Balaban J connectivity index is 1.84. The van der Waals surface area contributed by atoms with Crippen molar-refractivity contribution in [3.8, 4) is 6.07 Å². The van der Waals surface area contributed by atoms with E-state index >= 15 is 0 Å². The van der Waals surface area contributed by atoms with Crippen LogP contribution >= 0.6 is 0 Å². The molecule has 0 radical (unpaired) electrons. The number of nitrogens with one attached hydrogen (secondary N) is 1. The second-order valence-electron chi connectivity index (χ2n) is 6.84. The first-order chi connectivity index (χ1) is 12.2. The van der Waals surface area contributed by atoms with Crippen molar-refractivity contribution in [2.24, 2.45) is 5.92 Å². The number of hydrogen-bond acceptors (Lipinski definition) is 3. The maximum Gasteiger partial charge on any atom is 0.253 e. The van der Waals surface area contributed by atoms with Crippen LogP contribution < -0.4 is 5.32 Å². The van der Waals surface area contributed by atoms with Gasteiger partial charge in [0.05, 0.1) is 29.3 Å². The Morgan fingerprint density at radius 3 is 2.72 bits per heavy atom. The molecule has 1 amide bonds. The van der Waals surface area contributed by atoms with Gasteiger partial charge < -0.3 is 15.0 Å². The number of rotatable bonds is 5. The molecule has 1 saturated carbocycles. The summed E-state index contributed by atoms with van der Waals surface area (Å²) in [5.74, 6) is 0.418. The monoisotopic (exact) mass is 339 g/mol. The van der Waals surface area contributed by atoms with Crippen molar-refractivity contribution in [1.29, 1.82) is 5.26 Å². The van der Waals surface area contributed by atoms with Gasteiger partial charge in [-0.3, -0.25) is 4.79 Å². The molecular weight excluding hydrogens is 314 g/mol. The van der Waals surface area contributed by atoms with Crippen LogP contribution in [-0.4, -0.2) is 28.7 Å². The smallest absolute Gasteiger partial charge is 0.253 e. The van der Waals surface area contributed by atoms with Gasteiger partial charge in [-0.25, -0.2) is 0 Å². The predicted molar refractivity (Wildman–Crippen MR) is 97.3 cm³/mol. The fraction of sp³-hybridized carbons (Fsp3) is 0.500. The molecule has 0 unspecified atom stereocenters. The summed E-state index contributed by atoms with van der Waals surface area (Å²) >= 11 is 0. The molecule has 5 nitrogen and oxygen atoms in total. The highest BCUT2D eigenvalue weighted by atomic mass is 16.3. The van der Waals surface area contributed by atoms with Crippen LogP contribution in [0.15, 0.2) is 24.4 Å². The van der Waals surface area contributed by atoms with Gasteiger partial charge in [0.2, 0.25) is 0 Å². The lowest BCUT2D eigenvalue weighted by Crippen LogP contribution is -2.29. The van der Waals surface area contributed by atoms with Crippen LogP contribution in [0.2, 0.25) is 0 Å². The van der Waals surface area contributed by atoms with E-state index in [1.807, 2.05) is 16.7 Å². The minimum absolute atomic E-state index is 0.0102. The average molecular weight is 339 g/mol. The largest absolute Gasteiger partial charge is 0.395 e. The van der Waals surface area contributed by atoms with Crippen LogP contribution in [0.3, 0.4) is 0 Å². The van der Waals surface area contributed by atoms with Gasteiger partial charge in [-0.05, 0) is 30.9 Å². The number of aliphatic hydroxyl groups is 1. The topological polar surface area (TPSA) is 78.0 Å². The third kappa shape index (κ3) is 3.85. The van der Waals surface area contributed by atoms with Gasteiger partial charge in [-0.1, -0.05) is 31.7 Å². The van der Waals surface area contributed by atoms with Crippen molar-refractivity contribution < 1.29 is 9.90 Å². The number of carbonyl (C=O) groups excluding carboxylic acids is 1. The zero-order valence-corrected chi connectivity index (χ0v) is 14.5. The number of aliphatic hydroxyl groups excluding tert-OH is 1. The van der Waals surface area contributed by atoms with E-state index in [1.165, 1.54) is 38.5 Å². The van der Waals surface area contributed by atoms with E-state index in [1.54, 1.807) is 12.3 Å². The van der Waals surface area contributed by atoms with E-state index < -0.39 is 0 Å². The Morgan fingerprint density at radius 2 is 2.04 bits per heavy atom. The highest BCUT2D eigenvalue weighted by Crippen LogP contribution is 2.26. The molecule has 1 heterocycles. The molecule has 2 N–H and O–H groups in total. The second kappa shape index (κ2) is 8.17. The van der Waals surface area contributed by atoms with E-state index in [9.17, 15) is 15.2 Å². The number of nitrogens with zero attached hydrogens (tertiary/aromatic N) is 2. The van der Waals surface area contributed by atoms with E-state index in [4.69, 9.17) is 0 Å². The number of amides is 1. The maximum absolute atomic E-state index is 12.8. The summed E-state index contributed by atoms with van der Waals surface area (Å²) in [4.78, 5) is 12.8. The summed E-state index contributed by atoms with van der Waals surface area (Å²) < 4.78 is 1.84. The molecule has 1 aliphatic carbocycles. The normalized spacial score (nSPS) is 15.7. The van der Waals surface area contributed by atoms with Crippen LogP contribution in [0.4, 0.5) is 0 Å². The lowest BCUT2D eigenvalue weighted by Gasteiger charge is -2.14. The lowest BCUT2D eigenvalue weighted by atomic mass is 10.00. The minimum atomic E-state index is -0.131. The summed E-state index contributed by atoms with van der Waals surface area (Å²) in [6.45, 7) is 1.09. The van der Waals surface area contributed by atoms with E-state index in [0.29, 0.717) is 35.5 Å². The molecule has 0 bridgehead atoms. The van der Waals surface area contributed by atoms with Crippen LogP contribution in [0.1, 0.15) is 54.4 Å². The van der Waals surface area contributed by atoms with Gasteiger partial charge in [0.25, 0.3) is 5.91 Å². The molecular formula is C20H25N3O2. The minimum Gasteiger partial charge on any atom is -0.395 e. The van der Waals surface area contributed by atoms with Gasteiger partial charge in [0.15, 0.2) is 0 Å². The van der Waals surface area contributed by atoms with E-state index in [0.717, 1.165) is 5.52 Å². The van der Waals surface area contributed by atoms with Gasteiger partial charge in [0.1, 0.15) is 0 Å². The van der Waals surface area contributed by atoms with Crippen LogP contribution in [0.25, 0.3) is 10.9 Å². The number of hydrogen-bond donors (Lipinski definition) is 2. The molecule has 1 aliphatic rings. The van der Waals surface area contributed by atoms with Crippen molar-refractivity contribution >= 4 is 16.8 Å². The summed E-state index contributed by atoms with van der Waals surface area (Å²) in [5.41, 5.74) is 1.83. The first kappa shape index (κ1) is 17.5. The molecule has 0 atom stereocenters. The molecule has 1 aromatic carbocycles. The summed E-state index contributed by atoms with van der Waals surface area (Å²) in [6.07, 6.45) is 9.19. The number of fused-ring (bicyclic) bond motifs is 1. The first-order valence-electron chi connectivity index (χ1n) is 9.15. The molecule has 0 aliphatic heterocycles. The second-order valence-corrected chi connectivity index (χ2v) is 6.84. The van der Waals surface area contributed by atoms with Gasteiger partial charge in [0, 0.05) is 24.7 Å². The van der Waals surface area contributed by atoms with Crippen LogP contribution in [0, 0.1) is 17.2 Å². The Bertz CT molecular complexity index is 780. The van der Waals surface area contributed by atoms with Crippen molar-refractivity contribution in [2.45, 2.75) is 45.1 Å². The summed E-state index contributed by atoms with van der Waals surface area (Å²) in [5, 5.41) is 22.4. The van der Waals surface area contributed by atoms with Gasteiger partial charge >= 0.3 is 0 Å². The average Bonchev–Trinajstić information content (AvgIpc) is 2.82. The SMILES string of the molecule is N#Cc1cccc2c1c(C(=O)NCC1CCCCCC1)cn2CCO. The van der Waals surface area contributed by atoms with Crippen molar-refractivity contribution in [1.82, 2.24) is 9.88 Å². The number of nitriles is 1. The molecule has 2 aromatic rings. The predicted octanol–water partition coefficient (Wildman–Crippen LogP) is 3.21. The highest BCUT2D eigenvalue weighted by molar-refractivity contribution is 6.08. The maximum atomic E-state index is 12.8. The van der Waals surface area contributed by atoms with Crippen LogP contribution in [0.5, 0.6) is 0 Å². The zero-order chi connectivity index (χ0) is 17.6. The Hall–Kier alpha value is -2.32. The molecule has 25 heavy (non-hydrogen) atoms. The molecule has 3 rings (SSSR count). The fourth-order valence-corrected chi connectivity index (χ4v) is 3.81. The third-order valence-corrected chi connectivity index (χ3v) is 5.14. The number of benzene rings is 1. The van der Waals surface area contributed by atoms with Gasteiger partial charge in [-0.15, -0.1) is 0 Å².